The van der Waals surface area contributed by atoms with E-state index in [0.717, 1.165) is 19.5 Å². The van der Waals surface area contributed by atoms with Crippen LogP contribution in [0.4, 0.5) is 0 Å². The zero-order valence-corrected chi connectivity index (χ0v) is 9.81. The predicted octanol–water partition coefficient (Wildman–Crippen LogP) is 2.44. The summed E-state index contributed by atoms with van der Waals surface area (Å²) >= 11 is 0. The Morgan fingerprint density at radius 1 is 1.38 bits per heavy atom. The molecule has 1 aliphatic heterocycles. The van der Waals surface area contributed by atoms with Gasteiger partial charge in [0.2, 0.25) is 0 Å². The summed E-state index contributed by atoms with van der Waals surface area (Å²) in [5.74, 6) is 0. The largest absolute Gasteiger partial charge is 0.381 e. The first kappa shape index (κ1) is 12.9. The van der Waals surface area contributed by atoms with Gasteiger partial charge in [0.1, 0.15) is 0 Å². The fourth-order valence-electron chi connectivity index (χ4n) is 1.59. The summed E-state index contributed by atoms with van der Waals surface area (Å²) in [6, 6.07) is 0. The SMILES string of the molecule is CCC.COC1CCNCC1(C)C. The van der Waals surface area contributed by atoms with Crippen LogP contribution in [0.1, 0.15) is 40.5 Å². The lowest BCUT2D eigenvalue weighted by atomic mass is 9.82. The third-order valence-corrected chi connectivity index (χ3v) is 2.32. The molecule has 0 aromatic carbocycles. The van der Waals surface area contributed by atoms with E-state index in [9.17, 15) is 0 Å². The normalized spacial score (nSPS) is 26.1. The van der Waals surface area contributed by atoms with Crippen LogP contribution in [-0.4, -0.2) is 26.3 Å². The lowest BCUT2D eigenvalue weighted by Crippen LogP contribution is -2.46. The Labute approximate surface area is 83.1 Å². The average molecular weight is 187 g/mol. The third-order valence-electron chi connectivity index (χ3n) is 2.32. The molecule has 0 aliphatic carbocycles. The van der Waals surface area contributed by atoms with Crippen LogP contribution in [0.15, 0.2) is 0 Å². The zero-order valence-electron chi connectivity index (χ0n) is 9.81. The molecule has 1 N–H and O–H groups in total. The molecule has 1 aliphatic rings. The van der Waals surface area contributed by atoms with Crippen LogP contribution in [0.3, 0.4) is 0 Å². The molecule has 0 saturated carbocycles. The second-order valence-corrected chi connectivity index (χ2v) is 4.39. The Kier molecular flexibility index (Phi) is 6.35. The molecule has 0 amide bonds. The van der Waals surface area contributed by atoms with E-state index in [4.69, 9.17) is 4.74 Å². The van der Waals surface area contributed by atoms with Gasteiger partial charge in [-0.3, -0.25) is 0 Å². The first-order valence-corrected chi connectivity index (χ1v) is 5.32. The van der Waals surface area contributed by atoms with Crippen molar-refractivity contribution in [1.29, 1.82) is 0 Å². The van der Waals surface area contributed by atoms with Crippen molar-refractivity contribution in [3.63, 3.8) is 0 Å². The van der Waals surface area contributed by atoms with E-state index in [0.29, 0.717) is 11.5 Å². The molecular weight excluding hydrogens is 162 g/mol. The van der Waals surface area contributed by atoms with Gasteiger partial charge in [-0.1, -0.05) is 34.1 Å². The maximum Gasteiger partial charge on any atom is 0.0646 e. The van der Waals surface area contributed by atoms with Gasteiger partial charge in [-0.15, -0.1) is 0 Å². The van der Waals surface area contributed by atoms with Crippen LogP contribution in [0.2, 0.25) is 0 Å². The summed E-state index contributed by atoms with van der Waals surface area (Å²) in [5.41, 5.74) is 0.312. The van der Waals surface area contributed by atoms with E-state index >= 15 is 0 Å². The molecule has 1 saturated heterocycles. The Bertz CT molecular complexity index is 123. The number of hydrogen-bond donors (Lipinski definition) is 1. The van der Waals surface area contributed by atoms with Gasteiger partial charge in [-0.05, 0) is 13.0 Å². The van der Waals surface area contributed by atoms with Crippen molar-refractivity contribution in [1.82, 2.24) is 5.32 Å². The second-order valence-electron chi connectivity index (χ2n) is 4.39. The molecule has 1 rings (SSSR count). The molecule has 1 unspecified atom stereocenters. The van der Waals surface area contributed by atoms with Gasteiger partial charge in [-0.2, -0.15) is 0 Å². The van der Waals surface area contributed by atoms with Gasteiger partial charge in [0.05, 0.1) is 6.10 Å². The van der Waals surface area contributed by atoms with Crippen molar-refractivity contribution in [2.45, 2.75) is 46.6 Å². The lowest BCUT2D eigenvalue weighted by Gasteiger charge is -2.37. The molecule has 80 valence electrons. The number of ether oxygens (including phenoxy) is 1. The molecule has 2 heteroatoms. The Morgan fingerprint density at radius 3 is 2.23 bits per heavy atom. The highest BCUT2D eigenvalue weighted by Crippen LogP contribution is 2.26. The highest BCUT2D eigenvalue weighted by molar-refractivity contribution is 4.85. The summed E-state index contributed by atoms with van der Waals surface area (Å²) in [6.07, 6.45) is 2.83. The van der Waals surface area contributed by atoms with Crippen molar-refractivity contribution < 1.29 is 4.74 Å². The molecule has 0 aromatic heterocycles. The molecule has 13 heavy (non-hydrogen) atoms. The minimum Gasteiger partial charge on any atom is -0.381 e. The quantitative estimate of drug-likeness (QED) is 0.681. The average Bonchev–Trinajstić information content (AvgIpc) is 2.05. The maximum absolute atomic E-state index is 5.37. The highest BCUT2D eigenvalue weighted by atomic mass is 16.5. The standard InChI is InChI=1S/C8H17NO.C3H8/c1-8(2)6-9-5-4-7(8)10-3;1-3-2/h7,9H,4-6H2,1-3H3;3H2,1-2H3. The zero-order chi connectivity index (χ0) is 10.3. The van der Waals surface area contributed by atoms with Gasteiger partial charge in [0.25, 0.3) is 0 Å². The minimum absolute atomic E-state index is 0.312. The van der Waals surface area contributed by atoms with Gasteiger partial charge in [0.15, 0.2) is 0 Å². The maximum atomic E-state index is 5.37. The van der Waals surface area contributed by atoms with Crippen LogP contribution in [0.25, 0.3) is 0 Å². The lowest BCUT2D eigenvalue weighted by molar-refractivity contribution is -0.0136. The summed E-state index contributed by atoms with van der Waals surface area (Å²) in [6.45, 7) is 10.9. The molecule has 0 bridgehead atoms. The van der Waals surface area contributed by atoms with Gasteiger partial charge < -0.3 is 10.1 Å². The number of hydrogen-bond acceptors (Lipinski definition) is 2. The van der Waals surface area contributed by atoms with Crippen LogP contribution in [0.5, 0.6) is 0 Å². The highest BCUT2D eigenvalue weighted by Gasteiger charge is 2.31. The molecule has 0 aromatic rings. The van der Waals surface area contributed by atoms with Gasteiger partial charge >= 0.3 is 0 Å². The number of rotatable bonds is 1. The Hall–Kier alpha value is -0.0800. The Morgan fingerprint density at radius 2 is 1.92 bits per heavy atom. The molecule has 1 atom stereocenters. The van der Waals surface area contributed by atoms with Crippen LogP contribution in [-0.2, 0) is 4.74 Å². The van der Waals surface area contributed by atoms with Crippen LogP contribution < -0.4 is 5.32 Å². The Balaban J connectivity index is 0.000000424. The van der Waals surface area contributed by atoms with E-state index < -0.39 is 0 Å². The van der Waals surface area contributed by atoms with E-state index in [2.05, 4.69) is 33.0 Å². The molecular formula is C11H25NO. The fourth-order valence-corrected chi connectivity index (χ4v) is 1.59. The van der Waals surface area contributed by atoms with Crippen molar-refractivity contribution >= 4 is 0 Å². The minimum atomic E-state index is 0.312. The third kappa shape index (κ3) is 4.63. The summed E-state index contributed by atoms with van der Waals surface area (Å²) in [4.78, 5) is 0. The summed E-state index contributed by atoms with van der Waals surface area (Å²) < 4.78 is 5.37. The van der Waals surface area contributed by atoms with E-state index in [1.807, 2.05) is 0 Å². The molecule has 0 spiro atoms. The first-order chi connectivity index (χ1) is 6.08. The van der Waals surface area contributed by atoms with E-state index in [-0.39, 0.29) is 0 Å². The molecule has 0 radical (unpaired) electrons. The number of piperidine rings is 1. The molecule has 1 fully saturated rings. The van der Waals surface area contributed by atoms with E-state index in [1.54, 1.807) is 7.11 Å². The molecule has 2 nitrogen and oxygen atoms in total. The van der Waals surface area contributed by atoms with Crippen LogP contribution in [0, 0.1) is 5.41 Å². The van der Waals surface area contributed by atoms with Crippen LogP contribution >= 0.6 is 0 Å². The smallest absolute Gasteiger partial charge is 0.0646 e. The van der Waals surface area contributed by atoms with Crippen molar-refractivity contribution in [2.75, 3.05) is 20.2 Å². The second kappa shape index (κ2) is 6.39. The number of nitrogens with one attached hydrogen (secondary N) is 1. The van der Waals surface area contributed by atoms with Gasteiger partial charge in [0, 0.05) is 19.1 Å². The fraction of sp³-hybridized carbons (Fsp3) is 1.00. The summed E-state index contributed by atoms with van der Waals surface area (Å²) in [5, 5.41) is 3.36. The van der Waals surface area contributed by atoms with Crippen molar-refractivity contribution in [3.05, 3.63) is 0 Å². The van der Waals surface area contributed by atoms with Crippen molar-refractivity contribution in [2.24, 2.45) is 5.41 Å². The number of methoxy groups -OCH3 is 1. The van der Waals surface area contributed by atoms with Crippen molar-refractivity contribution in [3.8, 4) is 0 Å². The monoisotopic (exact) mass is 187 g/mol. The predicted molar refractivity (Wildman–Crippen MR) is 58.0 cm³/mol. The van der Waals surface area contributed by atoms with Gasteiger partial charge in [-0.25, -0.2) is 0 Å². The first-order valence-electron chi connectivity index (χ1n) is 5.32. The molecule has 1 heterocycles. The van der Waals surface area contributed by atoms with E-state index in [1.165, 1.54) is 6.42 Å². The summed E-state index contributed by atoms with van der Waals surface area (Å²) in [7, 11) is 1.80. The topological polar surface area (TPSA) is 21.3 Å².